The molecule has 0 saturated carbocycles. The van der Waals surface area contributed by atoms with Gasteiger partial charge in [-0.15, -0.1) is 16.5 Å². The van der Waals surface area contributed by atoms with E-state index in [0.717, 1.165) is 42.6 Å². The van der Waals surface area contributed by atoms with Crippen LogP contribution in [0.2, 0.25) is 0 Å². The van der Waals surface area contributed by atoms with E-state index in [2.05, 4.69) is 33.2 Å². The Morgan fingerprint density at radius 2 is 1.74 bits per heavy atom. The van der Waals surface area contributed by atoms with Gasteiger partial charge in [0.2, 0.25) is 5.96 Å². The molecule has 1 aromatic heterocycles. The second kappa shape index (κ2) is 10.8. The Morgan fingerprint density at radius 3 is 2.44 bits per heavy atom. The molecule has 11 heteroatoms. The van der Waals surface area contributed by atoms with E-state index in [1.165, 1.54) is 34.6 Å². The lowest BCUT2D eigenvalue weighted by Gasteiger charge is -2.23. The molecule has 0 radical (unpaired) electrons. The van der Waals surface area contributed by atoms with Crippen LogP contribution in [-0.2, 0) is 25.6 Å². The predicted molar refractivity (Wildman–Crippen MR) is 144 cm³/mol. The highest BCUT2D eigenvalue weighted by molar-refractivity contribution is 7.14. The predicted octanol–water partition coefficient (Wildman–Crippen LogP) is 7.14. The lowest BCUT2D eigenvalue weighted by atomic mass is 10.1. The van der Waals surface area contributed by atoms with Crippen LogP contribution in [0.1, 0.15) is 39.0 Å². The van der Waals surface area contributed by atoms with Gasteiger partial charge in [-0.2, -0.15) is 18.2 Å². The molecule has 3 aromatic carbocycles. The Hall–Kier alpha value is -4.38. The normalized spacial score (nSPS) is 13.3. The number of amides is 1. The molecule has 7 nitrogen and oxygen atoms in total. The number of carbonyl (C=O) groups is 1. The van der Waals surface area contributed by atoms with Crippen molar-refractivity contribution in [1.29, 1.82) is 5.53 Å². The maximum Gasteiger partial charge on any atom is 0.416 e. The van der Waals surface area contributed by atoms with Crippen LogP contribution in [0.25, 0.3) is 11.3 Å². The molecule has 39 heavy (non-hydrogen) atoms. The number of benzene rings is 3. The number of fused-ring (bicyclic) bond motifs is 1. The van der Waals surface area contributed by atoms with Gasteiger partial charge in [-0.1, -0.05) is 30.3 Å². The van der Waals surface area contributed by atoms with Crippen LogP contribution in [0.4, 0.5) is 24.0 Å². The molecule has 0 bridgehead atoms. The van der Waals surface area contributed by atoms with Crippen LogP contribution in [0.3, 0.4) is 0 Å². The molecule has 4 aromatic rings. The molecule has 0 atom stereocenters. The number of nitrogens with zero attached hydrogens (tertiary/aromatic N) is 4. The summed E-state index contributed by atoms with van der Waals surface area (Å²) in [6.07, 6.45) is -1.21. The van der Waals surface area contributed by atoms with Crippen LogP contribution in [0, 0.1) is 5.53 Å². The van der Waals surface area contributed by atoms with Gasteiger partial charge in [-0.25, -0.2) is 10.5 Å². The summed E-state index contributed by atoms with van der Waals surface area (Å²) < 4.78 is 39.0. The van der Waals surface area contributed by atoms with E-state index in [9.17, 15) is 18.0 Å². The summed E-state index contributed by atoms with van der Waals surface area (Å²) in [6, 6.07) is 18.2. The quantitative estimate of drug-likeness (QED) is 0.152. The van der Waals surface area contributed by atoms with Crippen molar-refractivity contribution in [1.82, 2.24) is 4.98 Å². The second-order valence-corrected chi connectivity index (χ2v) is 9.90. The summed E-state index contributed by atoms with van der Waals surface area (Å²) in [4.78, 5) is 22.6. The first-order valence-electron chi connectivity index (χ1n) is 12.1. The number of anilines is 2. The van der Waals surface area contributed by atoms with Crippen LogP contribution in [0.5, 0.6) is 0 Å². The third-order valence-corrected chi connectivity index (χ3v) is 7.36. The third kappa shape index (κ3) is 5.88. The van der Waals surface area contributed by atoms with Crippen molar-refractivity contribution < 1.29 is 18.0 Å². The second-order valence-electron chi connectivity index (χ2n) is 9.07. The van der Waals surface area contributed by atoms with Gasteiger partial charge in [0.25, 0.3) is 5.91 Å². The SMILES string of the molecule is N=NC(N)=NC(=O)c1ccc(CN(c2ccc3c(c2)CCC3)c2nc(-c3ccc(C(F)(F)F)cc3)cs2)cc1. The van der Waals surface area contributed by atoms with Crippen molar-refractivity contribution >= 4 is 34.0 Å². The minimum atomic E-state index is -4.40. The topological polar surface area (TPSA) is 108 Å². The van der Waals surface area contributed by atoms with E-state index in [0.29, 0.717) is 28.5 Å². The minimum Gasteiger partial charge on any atom is -0.366 e. The number of aryl methyl sites for hydroxylation is 2. The molecular formula is C28H23F3N6OS. The Morgan fingerprint density at radius 1 is 1.03 bits per heavy atom. The number of nitrogens with two attached hydrogens (primary N) is 1. The summed E-state index contributed by atoms with van der Waals surface area (Å²) >= 11 is 1.41. The number of carbonyl (C=O) groups excluding carboxylic acids is 1. The smallest absolute Gasteiger partial charge is 0.366 e. The lowest BCUT2D eigenvalue weighted by Crippen LogP contribution is -2.17. The van der Waals surface area contributed by atoms with Gasteiger partial charge in [0.05, 0.1) is 17.8 Å². The first kappa shape index (κ1) is 26.2. The molecule has 198 valence electrons. The fourth-order valence-electron chi connectivity index (χ4n) is 4.48. The van der Waals surface area contributed by atoms with Gasteiger partial charge in [0, 0.05) is 22.2 Å². The summed E-state index contributed by atoms with van der Waals surface area (Å²) in [7, 11) is 0. The van der Waals surface area contributed by atoms with E-state index in [1.807, 2.05) is 17.5 Å². The molecule has 1 heterocycles. The summed E-state index contributed by atoms with van der Waals surface area (Å²) in [5.41, 5.74) is 17.5. The maximum atomic E-state index is 13.0. The van der Waals surface area contributed by atoms with Crippen LogP contribution in [0.15, 0.2) is 82.2 Å². The minimum absolute atomic E-state index is 0.313. The van der Waals surface area contributed by atoms with Gasteiger partial charge in [0.15, 0.2) is 5.13 Å². The molecular weight excluding hydrogens is 525 g/mol. The van der Waals surface area contributed by atoms with E-state index >= 15 is 0 Å². The molecule has 5 rings (SSSR count). The molecule has 1 amide bonds. The number of hydrogen-bond donors (Lipinski definition) is 2. The average molecular weight is 549 g/mol. The Balaban J connectivity index is 1.45. The van der Waals surface area contributed by atoms with Crippen molar-refractivity contribution in [2.45, 2.75) is 32.0 Å². The first-order chi connectivity index (χ1) is 18.7. The highest BCUT2D eigenvalue weighted by Gasteiger charge is 2.30. The molecule has 0 fully saturated rings. The maximum absolute atomic E-state index is 13.0. The van der Waals surface area contributed by atoms with Crippen LogP contribution >= 0.6 is 11.3 Å². The zero-order chi connectivity index (χ0) is 27.6. The molecule has 0 unspecified atom stereocenters. The number of halogens is 3. The van der Waals surface area contributed by atoms with E-state index in [1.54, 1.807) is 12.1 Å². The largest absolute Gasteiger partial charge is 0.416 e. The number of guanidine groups is 1. The zero-order valence-electron chi connectivity index (χ0n) is 20.6. The Kier molecular flexibility index (Phi) is 7.25. The van der Waals surface area contributed by atoms with Gasteiger partial charge in [0.1, 0.15) is 0 Å². The average Bonchev–Trinajstić information content (AvgIpc) is 3.61. The number of hydrogen-bond acceptors (Lipinski definition) is 5. The summed E-state index contributed by atoms with van der Waals surface area (Å²) in [5, 5.41) is 5.46. The molecule has 0 aliphatic heterocycles. The first-order valence-corrected chi connectivity index (χ1v) is 13.0. The van der Waals surface area contributed by atoms with Gasteiger partial charge in [-0.05, 0) is 72.4 Å². The highest BCUT2D eigenvalue weighted by Crippen LogP contribution is 2.37. The number of rotatable bonds is 6. The fourth-order valence-corrected chi connectivity index (χ4v) is 5.33. The molecule has 1 aliphatic carbocycles. The van der Waals surface area contributed by atoms with E-state index in [-0.39, 0.29) is 0 Å². The number of alkyl halides is 3. The monoisotopic (exact) mass is 548 g/mol. The fraction of sp³-hybridized carbons (Fsp3) is 0.179. The van der Waals surface area contributed by atoms with Crippen molar-refractivity contribution in [2.24, 2.45) is 15.8 Å². The molecule has 0 saturated heterocycles. The van der Waals surface area contributed by atoms with E-state index in [4.69, 9.17) is 16.2 Å². The standard InChI is InChI=1S/C28H23F3N6OS/c29-28(30,31)22-11-8-19(9-12-22)24-16-39-27(34-24)37(23-13-10-18-2-1-3-21(18)14-23)15-17-4-6-20(7-5-17)25(38)35-26(32)36-33/h4-14,16,33H,1-3,15H2,(H2,32,35,38). The molecule has 1 aliphatic rings. The Labute approximate surface area is 226 Å². The summed E-state index contributed by atoms with van der Waals surface area (Å²) in [5.74, 6) is -1.01. The number of thiazole rings is 1. The number of aromatic nitrogens is 1. The number of aliphatic imine (C=N–C) groups is 1. The highest BCUT2D eigenvalue weighted by atomic mass is 32.1. The Bertz CT molecular complexity index is 1550. The third-order valence-electron chi connectivity index (χ3n) is 6.50. The molecule has 3 N–H and O–H groups in total. The lowest BCUT2D eigenvalue weighted by molar-refractivity contribution is -0.137. The zero-order valence-corrected chi connectivity index (χ0v) is 21.4. The van der Waals surface area contributed by atoms with Crippen LogP contribution in [-0.4, -0.2) is 16.9 Å². The van der Waals surface area contributed by atoms with Crippen molar-refractivity contribution in [3.05, 3.63) is 99.9 Å². The summed E-state index contributed by atoms with van der Waals surface area (Å²) in [6.45, 7) is 0.445. The number of nitrogens with one attached hydrogen (secondary N) is 1. The van der Waals surface area contributed by atoms with Crippen LogP contribution < -0.4 is 10.6 Å². The van der Waals surface area contributed by atoms with Gasteiger partial charge < -0.3 is 10.6 Å². The van der Waals surface area contributed by atoms with E-state index < -0.39 is 23.6 Å². The van der Waals surface area contributed by atoms with Gasteiger partial charge in [-0.3, -0.25) is 4.79 Å². The molecule has 0 spiro atoms. The van der Waals surface area contributed by atoms with Crippen molar-refractivity contribution in [3.63, 3.8) is 0 Å². The van der Waals surface area contributed by atoms with Crippen molar-refractivity contribution in [3.8, 4) is 11.3 Å². The van der Waals surface area contributed by atoms with Gasteiger partial charge >= 0.3 is 6.18 Å². The van der Waals surface area contributed by atoms with Crippen molar-refractivity contribution in [2.75, 3.05) is 4.90 Å².